The molecule has 184 valence electrons. The largest absolute Gasteiger partial charge is 0.495 e. The minimum absolute atomic E-state index is 0.00634. The predicted molar refractivity (Wildman–Crippen MR) is 136 cm³/mol. The van der Waals surface area contributed by atoms with Gasteiger partial charge in [0.2, 0.25) is 0 Å². The van der Waals surface area contributed by atoms with E-state index in [1.807, 2.05) is 6.07 Å². The Bertz CT molecular complexity index is 1320. The van der Waals surface area contributed by atoms with Gasteiger partial charge in [-0.15, -0.1) is 0 Å². The number of methoxy groups -OCH3 is 1. The first-order chi connectivity index (χ1) is 16.8. The zero-order chi connectivity index (χ0) is 25.0. The van der Waals surface area contributed by atoms with Gasteiger partial charge in [0.05, 0.1) is 12.8 Å². The second-order valence-corrected chi connectivity index (χ2v) is 10.2. The number of amides is 1. The van der Waals surface area contributed by atoms with Gasteiger partial charge in [-0.05, 0) is 60.5 Å². The maximum absolute atomic E-state index is 13.4. The highest BCUT2D eigenvalue weighted by Crippen LogP contribution is 2.32. The monoisotopic (exact) mass is 495 g/mol. The third-order valence-electron chi connectivity index (χ3n) is 5.71. The van der Waals surface area contributed by atoms with E-state index in [0.29, 0.717) is 22.6 Å². The van der Waals surface area contributed by atoms with Crippen LogP contribution in [0, 0.1) is 0 Å². The van der Waals surface area contributed by atoms with Crippen molar-refractivity contribution in [2.75, 3.05) is 39.0 Å². The van der Waals surface area contributed by atoms with E-state index in [4.69, 9.17) is 9.47 Å². The quantitative estimate of drug-likeness (QED) is 0.496. The average molecular weight is 496 g/mol. The van der Waals surface area contributed by atoms with Crippen molar-refractivity contribution in [1.29, 1.82) is 0 Å². The molecule has 2 N–H and O–H groups in total. The van der Waals surface area contributed by atoms with Crippen molar-refractivity contribution in [3.8, 4) is 22.6 Å². The molecule has 0 aromatic heterocycles. The first-order valence-electron chi connectivity index (χ1n) is 11.3. The number of hydrogen-bond acceptors (Lipinski definition) is 6. The SMILES string of the molecule is COc1ccc(-c2cccc(C(=O)N(C)C)c2)cc1S(=O)(=O)Nc1cccc(O[C@H]2CCNC2)c1. The molecule has 1 fully saturated rings. The van der Waals surface area contributed by atoms with Crippen LogP contribution < -0.4 is 19.5 Å². The van der Waals surface area contributed by atoms with Crippen molar-refractivity contribution >= 4 is 21.6 Å². The fourth-order valence-electron chi connectivity index (χ4n) is 3.92. The van der Waals surface area contributed by atoms with Crippen LogP contribution in [0.15, 0.2) is 71.6 Å². The molecule has 0 radical (unpaired) electrons. The van der Waals surface area contributed by atoms with E-state index in [9.17, 15) is 13.2 Å². The average Bonchev–Trinajstić information content (AvgIpc) is 3.36. The molecular formula is C26H29N3O5S. The summed E-state index contributed by atoms with van der Waals surface area (Å²) < 4.78 is 40.7. The zero-order valence-electron chi connectivity index (χ0n) is 19.9. The number of anilines is 1. The van der Waals surface area contributed by atoms with Crippen LogP contribution in [0.3, 0.4) is 0 Å². The van der Waals surface area contributed by atoms with Gasteiger partial charge in [0.1, 0.15) is 22.5 Å². The second-order valence-electron chi connectivity index (χ2n) is 8.51. The molecule has 1 aliphatic rings. The van der Waals surface area contributed by atoms with Crippen molar-refractivity contribution in [1.82, 2.24) is 10.2 Å². The van der Waals surface area contributed by atoms with E-state index in [0.717, 1.165) is 25.1 Å². The molecule has 0 aliphatic carbocycles. The lowest BCUT2D eigenvalue weighted by Gasteiger charge is -2.16. The predicted octanol–water partition coefficient (Wildman–Crippen LogP) is 3.61. The van der Waals surface area contributed by atoms with Crippen LogP contribution in [0.25, 0.3) is 11.1 Å². The number of carbonyl (C=O) groups excluding carboxylic acids is 1. The number of sulfonamides is 1. The van der Waals surface area contributed by atoms with Crippen LogP contribution in [-0.4, -0.2) is 59.6 Å². The van der Waals surface area contributed by atoms with Crippen LogP contribution in [0.2, 0.25) is 0 Å². The van der Waals surface area contributed by atoms with E-state index in [1.54, 1.807) is 74.8 Å². The van der Waals surface area contributed by atoms with E-state index in [1.165, 1.54) is 12.0 Å². The van der Waals surface area contributed by atoms with Gasteiger partial charge in [-0.25, -0.2) is 8.42 Å². The van der Waals surface area contributed by atoms with Gasteiger partial charge in [0.25, 0.3) is 15.9 Å². The Morgan fingerprint density at radius 1 is 1.03 bits per heavy atom. The number of carbonyl (C=O) groups is 1. The molecule has 1 amide bonds. The van der Waals surface area contributed by atoms with Crippen LogP contribution in [0.1, 0.15) is 16.8 Å². The lowest BCUT2D eigenvalue weighted by atomic mass is 10.0. The third kappa shape index (κ3) is 5.75. The standard InChI is InChI=1S/C26H29N3O5S/c1-29(2)26(30)20-7-4-6-18(14-20)19-10-11-24(33-3)25(15-19)35(31,32)28-21-8-5-9-22(16-21)34-23-12-13-27-17-23/h4-11,14-16,23,27-28H,12-13,17H2,1-3H3/t23-/m0/s1. The van der Waals surface area contributed by atoms with Crippen molar-refractivity contribution in [3.63, 3.8) is 0 Å². The fraction of sp³-hybridized carbons (Fsp3) is 0.269. The maximum atomic E-state index is 13.4. The summed E-state index contributed by atoms with van der Waals surface area (Å²) in [5, 5.41) is 3.24. The molecule has 3 aromatic carbocycles. The minimum Gasteiger partial charge on any atom is -0.495 e. The molecule has 35 heavy (non-hydrogen) atoms. The summed E-state index contributed by atoms with van der Waals surface area (Å²) in [5.41, 5.74) is 2.27. The molecule has 9 heteroatoms. The summed E-state index contributed by atoms with van der Waals surface area (Å²) in [6.45, 7) is 1.67. The molecule has 3 aromatic rings. The topological polar surface area (TPSA) is 97.0 Å². The molecule has 4 rings (SSSR count). The highest BCUT2D eigenvalue weighted by atomic mass is 32.2. The zero-order valence-corrected chi connectivity index (χ0v) is 20.8. The van der Waals surface area contributed by atoms with Crippen LogP contribution >= 0.6 is 0 Å². The van der Waals surface area contributed by atoms with Gasteiger partial charge >= 0.3 is 0 Å². The van der Waals surface area contributed by atoms with Crippen LogP contribution in [0.4, 0.5) is 5.69 Å². The molecular weight excluding hydrogens is 466 g/mol. The summed E-state index contributed by atoms with van der Waals surface area (Å²) >= 11 is 0. The van der Waals surface area contributed by atoms with Crippen LogP contribution in [0.5, 0.6) is 11.5 Å². The molecule has 1 aliphatic heterocycles. The lowest BCUT2D eigenvalue weighted by Crippen LogP contribution is -2.21. The molecule has 0 unspecified atom stereocenters. The number of rotatable bonds is 8. The normalized spacial score (nSPS) is 15.5. The molecule has 8 nitrogen and oxygen atoms in total. The number of ether oxygens (including phenoxy) is 2. The fourth-order valence-corrected chi connectivity index (χ4v) is 5.17. The Hall–Kier alpha value is -3.56. The number of hydrogen-bond donors (Lipinski definition) is 2. The summed E-state index contributed by atoms with van der Waals surface area (Å²) in [6, 6.07) is 18.9. The number of benzene rings is 3. The minimum atomic E-state index is -3.99. The Morgan fingerprint density at radius 3 is 2.51 bits per heavy atom. The first kappa shape index (κ1) is 24.6. The Labute approximate surface area is 205 Å². The van der Waals surface area contributed by atoms with Crippen LogP contribution in [-0.2, 0) is 10.0 Å². The molecule has 0 spiro atoms. The van der Waals surface area contributed by atoms with Gasteiger partial charge in [-0.2, -0.15) is 0 Å². The molecule has 1 atom stereocenters. The highest BCUT2D eigenvalue weighted by Gasteiger charge is 2.22. The van der Waals surface area contributed by atoms with E-state index in [-0.39, 0.29) is 22.7 Å². The van der Waals surface area contributed by atoms with Crippen molar-refractivity contribution < 1.29 is 22.7 Å². The number of nitrogens with zero attached hydrogens (tertiary/aromatic N) is 1. The molecule has 0 saturated carbocycles. The second kappa shape index (κ2) is 10.4. The third-order valence-corrected chi connectivity index (χ3v) is 7.11. The van der Waals surface area contributed by atoms with Gasteiger partial charge in [-0.3, -0.25) is 9.52 Å². The highest BCUT2D eigenvalue weighted by molar-refractivity contribution is 7.92. The number of nitrogens with one attached hydrogen (secondary N) is 2. The van der Waals surface area contributed by atoms with E-state index >= 15 is 0 Å². The maximum Gasteiger partial charge on any atom is 0.265 e. The Kier molecular flexibility index (Phi) is 7.28. The van der Waals surface area contributed by atoms with Crippen molar-refractivity contribution in [3.05, 3.63) is 72.3 Å². The summed E-state index contributed by atoms with van der Waals surface area (Å²) in [7, 11) is 0.804. The summed E-state index contributed by atoms with van der Waals surface area (Å²) in [6.07, 6.45) is 0.968. The Morgan fingerprint density at radius 2 is 1.80 bits per heavy atom. The first-order valence-corrected chi connectivity index (χ1v) is 12.8. The Balaban J connectivity index is 1.63. The lowest BCUT2D eigenvalue weighted by molar-refractivity contribution is 0.0827. The van der Waals surface area contributed by atoms with Gasteiger partial charge in [0.15, 0.2) is 0 Å². The summed E-state index contributed by atoms with van der Waals surface area (Å²) in [5.74, 6) is 0.679. The van der Waals surface area contributed by atoms with Crippen molar-refractivity contribution in [2.24, 2.45) is 0 Å². The molecule has 1 saturated heterocycles. The van der Waals surface area contributed by atoms with E-state index in [2.05, 4.69) is 10.0 Å². The smallest absolute Gasteiger partial charge is 0.265 e. The van der Waals surface area contributed by atoms with E-state index < -0.39 is 10.0 Å². The summed E-state index contributed by atoms with van der Waals surface area (Å²) in [4.78, 5) is 13.9. The van der Waals surface area contributed by atoms with Gasteiger partial charge in [0, 0.05) is 32.3 Å². The van der Waals surface area contributed by atoms with Crippen molar-refractivity contribution in [2.45, 2.75) is 17.4 Å². The van der Waals surface area contributed by atoms with Gasteiger partial charge in [-0.1, -0.05) is 24.3 Å². The molecule has 0 bridgehead atoms. The molecule has 1 heterocycles. The van der Waals surface area contributed by atoms with Gasteiger partial charge < -0.3 is 19.7 Å².